The average molecular weight is 198 g/mol. The van der Waals surface area contributed by atoms with Crippen LogP contribution in [0.25, 0.3) is 0 Å². The van der Waals surface area contributed by atoms with E-state index in [0.717, 1.165) is 0 Å². The van der Waals surface area contributed by atoms with Gasteiger partial charge in [-0.25, -0.2) is 0 Å². The fraction of sp³-hybridized carbons (Fsp3) is 0.556. The van der Waals surface area contributed by atoms with Crippen molar-refractivity contribution in [2.24, 2.45) is 0 Å². The monoisotopic (exact) mass is 198 g/mol. The Bertz CT molecular complexity index is 245. The second-order valence-corrected chi connectivity index (χ2v) is 2.79. The first-order valence-corrected chi connectivity index (χ1v) is 4.18. The molecule has 0 rings (SSSR count). The van der Waals surface area contributed by atoms with Gasteiger partial charge in [0.2, 0.25) is 5.91 Å². The van der Waals surface area contributed by atoms with Crippen molar-refractivity contribution in [1.82, 2.24) is 10.2 Å². The summed E-state index contributed by atoms with van der Waals surface area (Å²) in [6.45, 7) is 2.42. The second kappa shape index (κ2) is 6.92. The van der Waals surface area contributed by atoms with Crippen molar-refractivity contribution in [3.05, 3.63) is 0 Å². The first-order chi connectivity index (χ1) is 6.56. The van der Waals surface area contributed by atoms with E-state index in [1.807, 2.05) is 0 Å². The highest BCUT2D eigenvalue weighted by Crippen LogP contribution is 1.85. The number of hydrogen-bond donors (Lipinski definition) is 2. The van der Waals surface area contributed by atoms with Gasteiger partial charge in [0.05, 0.1) is 13.1 Å². The van der Waals surface area contributed by atoms with E-state index in [0.29, 0.717) is 13.1 Å². The van der Waals surface area contributed by atoms with Gasteiger partial charge in [-0.1, -0.05) is 5.92 Å². The van der Waals surface area contributed by atoms with Crippen LogP contribution in [0.15, 0.2) is 0 Å². The predicted octanol–water partition coefficient (Wildman–Crippen LogP) is -0.858. The minimum atomic E-state index is -0.928. The maximum Gasteiger partial charge on any atom is 0.317 e. The SMILES string of the molecule is C#CCN(CCNC(C)=O)CC(=O)O. The number of carboxylic acid groups (broad SMARTS) is 1. The van der Waals surface area contributed by atoms with Crippen LogP contribution in [0.3, 0.4) is 0 Å². The molecule has 78 valence electrons. The van der Waals surface area contributed by atoms with Crippen molar-refractivity contribution in [3.8, 4) is 12.3 Å². The number of rotatable bonds is 6. The van der Waals surface area contributed by atoms with Gasteiger partial charge in [0.25, 0.3) is 0 Å². The number of carbonyl (C=O) groups excluding carboxylic acids is 1. The van der Waals surface area contributed by atoms with Crippen LogP contribution >= 0.6 is 0 Å². The first kappa shape index (κ1) is 12.5. The van der Waals surface area contributed by atoms with E-state index in [1.165, 1.54) is 6.92 Å². The van der Waals surface area contributed by atoms with Crippen molar-refractivity contribution in [3.63, 3.8) is 0 Å². The van der Waals surface area contributed by atoms with Gasteiger partial charge in [0, 0.05) is 20.0 Å². The fourth-order valence-corrected chi connectivity index (χ4v) is 0.924. The van der Waals surface area contributed by atoms with E-state index < -0.39 is 5.97 Å². The minimum Gasteiger partial charge on any atom is -0.480 e. The van der Waals surface area contributed by atoms with E-state index in [1.54, 1.807) is 4.90 Å². The number of nitrogens with zero attached hydrogens (tertiary/aromatic N) is 1. The van der Waals surface area contributed by atoms with Crippen molar-refractivity contribution < 1.29 is 14.7 Å². The van der Waals surface area contributed by atoms with Crippen LogP contribution in [0.5, 0.6) is 0 Å². The van der Waals surface area contributed by atoms with Crippen molar-refractivity contribution in [1.29, 1.82) is 0 Å². The van der Waals surface area contributed by atoms with Crippen molar-refractivity contribution in [2.75, 3.05) is 26.2 Å². The highest BCUT2D eigenvalue weighted by Gasteiger charge is 2.07. The summed E-state index contributed by atoms with van der Waals surface area (Å²) in [4.78, 5) is 22.5. The van der Waals surface area contributed by atoms with Crippen LogP contribution in [0.2, 0.25) is 0 Å². The maximum atomic E-state index is 10.5. The van der Waals surface area contributed by atoms with Crippen LogP contribution in [0, 0.1) is 12.3 Å². The molecule has 5 nitrogen and oxygen atoms in total. The summed E-state index contributed by atoms with van der Waals surface area (Å²) in [5.41, 5.74) is 0. The summed E-state index contributed by atoms with van der Waals surface area (Å²) in [6, 6.07) is 0. The summed E-state index contributed by atoms with van der Waals surface area (Å²) in [7, 11) is 0. The number of aliphatic carboxylic acids is 1. The van der Waals surface area contributed by atoms with Gasteiger partial charge < -0.3 is 10.4 Å². The van der Waals surface area contributed by atoms with E-state index in [2.05, 4.69) is 11.2 Å². The Hall–Kier alpha value is -1.54. The van der Waals surface area contributed by atoms with Crippen LogP contribution < -0.4 is 5.32 Å². The largest absolute Gasteiger partial charge is 0.480 e. The number of carboxylic acids is 1. The number of hydrogen-bond acceptors (Lipinski definition) is 3. The lowest BCUT2D eigenvalue weighted by atomic mass is 10.4. The van der Waals surface area contributed by atoms with Crippen molar-refractivity contribution in [2.45, 2.75) is 6.92 Å². The molecule has 0 aromatic carbocycles. The van der Waals surface area contributed by atoms with Gasteiger partial charge in [-0.05, 0) is 0 Å². The highest BCUT2D eigenvalue weighted by molar-refractivity contribution is 5.72. The topological polar surface area (TPSA) is 69.6 Å². The molecule has 2 N–H and O–H groups in total. The number of terminal acetylenes is 1. The Morgan fingerprint density at radius 2 is 2.21 bits per heavy atom. The molecular formula is C9H14N2O3. The van der Waals surface area contributed by atoms with E-state index >= 15 is 0 Å². The number of nitrogens with one attached hydrogen (secondary N) is 1. The first-order valence-electron chi connectivity index (χ1n) is 4.18. The molecule has 1 amide bonds. The molecule has 14 heavy (non-hydrogen) atoms. The van der Waals surface area contributed by atoms with Gasteiger partial charge >= 0.3 is 5.97 Å². The molecule has 0 aliphatic heterocycles. The summed E-state index contributed by atoms with van der Waals surface area (Å²) < 4.78 is 0. The molecule has 0 heterocycles. The number of amides is 1. The lowest BCUT2D eigenvalue weighted by Crippen LogP contribution is -2.37. The average Bonchev–Trinajstić information content (AvgIpc) is 2.02. The molecule has 5 heteroatoms. The minimum absolute atomic E-state index is 0.107. The second-order valence-electron chi connectivity index (χ2n) is 2.79. The predicted molar refractivity (Wildman–Crippen MR) is 51.6 cm³/mol. The summed E-state index contributed by atoms with van der Waals surface area (Å²) in [5, 5.41) is 11.1. The molecule has 0 aliphatic carbocycles. The lowest BCUT2D eigenvalue weighted by Gasteiger charge is -2.16. The normalized spacial score (nSPS) is 9.50. The Morgan fingerprint density at radius 3 is 2.64 bits per heavy atom. The molecule has 0 spiro atoms. The Kier molecular flexibility index (Phi) is 6.16. The molecule has 0 aromatic rings. The molecule has 0 saturated carbocycles. The van der Waals surface area contributed by atoms with E-state index in [4.69, 9.17) is 11.5 Å². The van der Waals surface area contributed by atoms with Gasteiger partial charge in [-0.2, -0.15) is 0 Å². The van der Waals surface area contributed by atoms with Crippen LogP contribution in [0.4, 0.5) is 0 Å². The Labute approximate surface area is 83.1 Å². The summed E-state index contributed by atoms with van der Waals surface area (Å²) >= 11 is 0. The van der Waals surface area contributed by atoms with Gasteiger partial charge in [0.1, 0.15) is 0 Å². The van der Waals surface area contributed by atoms with Gasteiger partial charge in [-0.3, -0.25) is 14.5 Å². The zero-order chi connectivity index (χ0) is 11.0. The van der Waals surface area contributed by atoms with Gasteiger partial charge in [0.15, 0.2) is 0 Å². The van der Waals surface area contributed by atoms with Crippen LogP contribution in [-0.2, 0) is 9.59 Å². The third-order valence-electron chi connectivity index (χ3n) is 1.48. The highest BCUT2D eigenvalue weighted by atomic mass is 16.4. The van der Waals surface area contributed by atoms with Gasteiger partial charge in [-0.15, -0.1) is 6.42 Å². The standard InChI is InChI=1S/C9H14N2O3/c1-3-5-11(7-9(13)14)6-4-10-8(2)12/h1H,4-7H2,2H3,(H,10,12)(H,13,14). The lowest BCUT2D eigenvalue weighted by molar-refractivity contribution is -0.138. The van der Waals surface area contributed by atoms with Crippen molar-refractivity contribution >= 4 is 11.9 Å². The molecule has 0 atom stereocenters. The summed E-state index contributed by atoms with van der Waals surface area (Å²) in [6.07, 6.45) is 5.06. The maximum absolute atomic E-state index is 10.5. The smallest absolute Gasteiger partial charge is 0.317 e. The number of carbonyl (C=O) groups is 2. The molecular weight excluding hydrogens is 184 g/mol. The molecule has 0 unspecified atom stereocenters. The molecule has 0 aliphatic rings. The molecule has 0 bridgehead atoms. The zero-order valence-corrected chi connectivity index (χ0v) is 8.12. The molecule has 0 radical (unpaired) electrons. The molecule has 0 aromatic heterocycles. The molecule has 0 fully saturated rings. The Balaban J connectivity index is 3.79. The van der Waals surface area contributed by atoms with Crippen LogP contribution in [-0.4, -0.2) is 48.1 Å². The van der Waals surface area contributed by atoms with E-state index in [9.17, 15) is 9.59 Å². The zero-order valence-electron chi connectivity index (χ0n) is 8.12. The quantitative estimate of drug-likeness (QED) is 0.545. The van der Waals surface area contributed by atoms with E-state index in [-0.39, 0.29) is 19.0 Å². The Morgan fingerprint density at radius 1 is 1.57 bits per heavy atom. The van der Waals surface area contributed by atoms with Crippen LogP contribution in [0.1, 0.15) is 6.92 Å². The third kappa shape index (κ3) is 7.13. The third-order valence-corrected chi connectivity index (χ3v) is 1.48. The fourth-order valence-electron chi connectivity index (χ4n) is 0.924. The summed E-state index contributed by atoms with van der Waals surface area (Å²) in [5.74, 6) is 1.30. The molecule has 0 saturated heterocycles.